The quantitative estimate of drug-likeness (QED) is 0.128. The van der Waals surface area contributed by atoms with E-state index in [4.69, 9.17) is 37.7 Å². The van der Waals surface area contributed by atoms with E-state index in [9.17, 15) is 0 Å². The van der Waals surface area contributed by atoms with E-state index >= 15 is 0 Å². The lowest BCUT2D eigenvalue weighted by atomic mass is 9.96. The van der Waals surface area contributed by atoms with Gasteiger partial charge in [-0.2, -0.15) is 0 Å². The van der Waals surface area contributed by atoms with E-state index < -0.39 is 0 Å². The molecule has 0 bridgehead atoms. The number of pyridine rings is 1. The van der Waals surface area contributed by atoms with Crippen molar-refractivity contribution in [1.82, 2.24) is 35.6 Å². The van der Waals surface area contributed by atoms with Gasteiger partial charge in [-0.15, -0.1) is 0 Å². The van der Waals surface area contributed by atoms with E-state index in [1.54, 1.807) is 39.3 Å². The molecule has 3 aromatic heterocycles. The first-order valence-corrected chi connectivity index (χ1v) is 18.5. The van der Waals surface area contributed by atoms with Crippen LogP contribution in [-0.4, -0.2) is 77.4 Å². The van der Waals surface area contributed by atoms with Gasteiger partial charge in [0.2, 0.25) is 5.88 Å². The molecule has 274 valence electrons. The van der Waals surface area contributed by atoms with E-state index in [-0.39, 0.29) is 0 Å². The molecule has 54 heavy (non-hydrogen) atoms. The molecule has 6 aromatic rings. The maximum Gasteiger partial charge on any atom is 0.218 e. The number of halogens is 2. The van der Waals surface area contributed by atoms with Crippen LogP contribution in [0.25, 0.3) is 33.5 Å². The smallest absolute Gasteiger partial charge is 0.218 e. The summed E-state index contributed by atoms with van der Waals surface area (Å²) in [7, 11) is 3.34. The summed E-state index contributed by atoms with van der Waals surface area (Å²) in [5.41, 5.74) is 7.02. The summed E-state index contributed by atoms with van der Waals surface area (Å²) in [4.78, 5) is 26.0. The lowest BCUT2D eigenvalue weighted by molar-refractivity contribution is 0.380. The van der Waals surface area contributed by atoms with Gasteiger partial charge in [0, 0.05) is 97.1 Å². The van der Waals surface area contributed by atoms with Crippen LogP contribution in [0.1, 0.15) is 11.1 Å². The van der Waals surface area contributed by atoms with Gasteiger partial charge in [0.05, 0.1) is 30.0 Å². The summed E-state index contributed by atoms with van der Waals surface area (Å²) in [6.45, 7) is 4.84. The monoisotopic (exact) mass is 759 g/mol. The molecule has 0 radical (unpaired) electrons. The van der Waals surface area contributed by atoms with E-state index in [1.807, 2.05) is 66.7 Å². The van der Waals surface area contributed by atoms with E-state index in [2.05, 4.69) is 52.5 Å². The molecule has 0 atom stereocenters. The Balaban J connectivity index is 0.954. The molecule has 2 aliphatic rings. The zero-order valence-corrected chi connectivity index (χ0v) is 31.4. The highest BCUT2D eigenvalue weighted by Crippen LogP contribution is 2.43. The highest BCUT2D eigenvalue weighted by Gasteiger charge is 2.29. The van der Waals surface area contributed by atoms with Gasteiger partial charge in [-0.1, -0.05) is 77.8 Å². The Morgan fingerprint density at radius 1 is 0.648 bits per heavy atom. The number of hydrogen-bond acceptors (Lipinski definition) is 11. The highest BCUT2D eigenvalue weighted by atomic mass is 35.5. The number of ether oxygens (including phenoxy) is 2. The lowest BCUT2D eigenvalue weighted by Crippen LogP contribution is -2.58. The van der Waals surface area contributed by atoms with Crippen molar-refractivity contribution in [3.8, 4) is 45.1 Å². The largest absolute Gasteiger partial charge is 0.496 e. The Bertz CT molecular complexity index is 2080. The lowest BCUT2D eigenvalue weighted by Gasteiger charge is -2.40. The van der Waals surface area contributed by atoms with Crippen LogP contribution in [0.15, 0.2) is 104 Å². The molecule has 0 aliphatic carbocycles. The second kappa shape index (κ2) is 16.0. The molecule has 8 rings (SSSR count). The van der Waals surface area contributed by atoms with Gasteiger partial charge >= 0.3 is 0 Å². The van der Waals surface area contributed by atoms with Crippen molar-refractivity contribution < 1.29 is 9.47 Å². The molecule has 5 heterocycles. The molecule has 3 aromatic carbocycles. The molecule has 0 spiro atoms. The van der Waals surface area contributed by atoms with Crippen LogP contribution >= 0.6 is 23.2 Å². The fraction of sp³-hybridized carbons (Fsp3) is 0.244. The van der Waals surface area contributed by atoms with Crippen molar-refractivity contribution in [2.45, 2.75) is 25.2 Å². The van der Waals surface area contributed by atoms with Crippen molar-refractivity contribution in [2.24, 2.45) is 0 Å². The number of aromatic nitrogens is 5. The van der Waals surface area contributed by atoms with Crippen LogP contribution in [0.2, 0.25) is 10.0 Å². The average Bonchev–Trinajstić information content (AvgIpc) is 3.18. The fourth-order valence-corrected chi connectivity index (χ4v) is 7.59. The molecule has 11 nitrogen and oxygen atoms in total. The van der Waals surface area contributed by atoms with Gasteiger partial charge in [-0.05, 0) is 29.8 Å². The molecule has 0 unspecified atom stereocenters. The topological polar surface area (TPSA) is 113 Å². The minimum Gasteiger partial charge on any atom is -0.496 e. The number of rotatable bonds is 13. The van der Waals surface area contributed by atoms with Crippen molar-refractivity contribution in [3.05, 3.63) is 125 Å². The average molecular weight is 761 g/mol. The predicted molar refractivity (Wildman–Crippen MR) is 213 cm³/mol. The maximum absolute atomic E-state index is 7.19. The predicted octanol–water partition coefficient (Wildman–Crippen LogP) is 6.94. The second-order valence-corrected chi connectivity index (χ2v) is 14.1. The molecule has 2 N–H and O–H groups in total. The van der Waals surface area contributed by atoms with Crippen LogP contribution < -0.4 is 29.9 Å². The van der Waals surface area contributed by atoms with Gasteiger partial charge in [0.15, 0.2) is 0 Å². The first kappa shape index (κ1) is 35.7. The molecule has 0 amide bonds. The first-order valence-electron chi connectivity index (χ1n) is 17.8. The van der Waals surface area contributed by atoms with Crippen molar-refractivity contribution in [1.29, 1.82) is 0 Å². The summed E-state index contributed by atoms with van der Waals surface area (Å²) in [5.74, 6) is 3.24. The van der Waals surface area contributed by atoms with Crippen LogP contribution in [0.4, 0.5) is 11.6 Å². The van der Waals surface area contributed by atoms with Gasteiger partial charge < -0.3 is 29.9 Å². The molecule has 2 aliphatic heterocycles. The number of nitrogens with zero attached hydrogens (tertiary/aromatic N) is 7. The van der Waals surface area contributed by atoms with Crippen LogP contribution in [-0.2, 0) is 13.1 Å². The van der Waals surface area contributed by atoms with Gasteiger partial charge in [-0.3, -0.25) is 0 Å². The van der Waals surface area contributed by atoms with Crippen LogP contribution in [0.3, 0.4) is 0 Å². The van der Waals surface area contributed by atoms with Crippen LogP contribution in [0.5, 0.6) is 11.6 Å². The zero-order chi connectivity index (χ0) is 37.0. The minimum absolute atomic E-state index is 0.341. The van der Waals surface area contributed by atoms with Gasteiger partial charge in [0.25, 0.3) is 0 Å². The Labute approximate surface area is 324 Å². The molecule has 0 saturated carbocycles. The Morgan fingerprint density at radius 2 is 1.20 bits per heavy atom. The number of nitrogens with one attached hydrogen (secondary N) is 2. The van der Waals surface area contributed by atoms with E-state index in [0.29, 0.717) is 46.8 Å². The Morgan fingerprint density at radius 3 is 1.78 bits per heavy atom. The van der Waals surface area contributed by atoms with Gasteiger partial charge in [-0.25, -0.2) is 24.9 Å². The second-order valence-electron chi connectivity index (χ2n) is 13.3. The molecule has 2 fully saturated rings. The molecular weight excluding hydrogens is 721 g/mol. The fourth-order valence-electron chi connectivity index (χ4n) is 6.93. The Hall–Kier alpha value is -5.33. The SMILES string of the molecule is COc1cc(-c2cccc(-c3cccc(-c4ccc(CNC5CN(c6ccncn6)C5)c(OC)n4)c3Cl)c2Cl)ccc1CNC1CN(c2ccncn2)C1. The summed E-state index contributed by atoms with van der Waals surface area (Å²) in [6, 6.07) is 26.7. The number of anilines is 2. The molecule has 13 heteroatoms. The van der Waals surface area contributed by atoms with E-state index in [1.165, 1.54) is 0 Å². The molecular formula is C41H39Cl2N9O2. The van der Waals surface area contributed by atoms with Crippen molar-refractivity contribution >= 4 is 34.8 Å². The van der Waals surface area contributed by atoms with Gasteiger partial charge in [0.1, 0.15) is 30.0 Å². The molecule has 2 saturated heterocycles. The van der Waals surface area contributed by atoms with Crippen molar-refractivity contribution in [3.63, 3.8) is 0 Å². The zero-order valence-electron chi connectivity index (χ0n) is 29.9. The maximum atomic E-state index is 7.19. The summed E-state index contributed by atoms with van der Waals surface area (Å²) in [6.07, 6.45) is 6.69. The number of hydrogen-bond donors (Lipinski definition) is 2. The Kier molecular flexibility index (Phi) is 10.5. The van der Waals surface area contributed by atoms with E-state index in [0.717, 1.165) is 82.5 Å². The highest BCUT2D eigenvalue weighted by molar-refractivity contribution is 6.39. The number of benzene rings is 3. The number of methoxy groups -OCH3 is 2. The summed E-state index contributed by atoms with van der Waals surface area (Å²) in [5, 5.41) is 8.41. The third kappa shape index (κ3) is 7.40. The van der Waals surface area contributed by atoms with Crippen LogP contribution in [0, 0.1) is 0 Å². The standard InChI is InChI=1S/C41H39Cl2N9O2/c1-53-36-17-26(9-10-27(36)18-46-29-20-51(21-29)37-13-15-44-24-48-37)31-5-3-6-32(39(31)42)33-7-4-8-34(40(33)43)35-12-11-28(41(50-35)54-2)19-47-30-22-52(23-30)38-14-16-45-25-49-38/h3-17,24-25,29-30,46-47H,18-23H2,1-2H3. The van der Waals surface area contributed by atoms with Crippen molar-refractivity contribution in [2.75, 3.05) is 50.2 Å². The summed E-state index contributed by atoms with van der Waals surface area (Å²) < 4.78 is 11.6. The normalized spacial score (nSPS) is 14.4. The minimum atomic E-state index is 0.341. The third-order valence-corrected chi connectivity index (χ3v) is 10.8. The summed E-state index contributed by atoms with van der Waals surface area (Å²) >= 11 is 14.4. The first-order chi connectivity index (χ1) is 26.5. The third-order valence-electron chi connectivity index (χ3n) is 10.0.